The molecule has 1 rings (SSSR count). The van der Waals surface area contributed by atoms with E-state index in [9.17, 15) is 0 Å². The molecule has 78 valence electrons. The van der Waals surface area contributed by atoms with Crippen molar-refractivity contribution in [3.63, 3.8) is 0 Å². The molecule has 1 atom stereocenters. The van der Waals surface area contributed by atoms with Crippen LogP contribution < -0.4 is 11.1 Å². The Morgan fingerprint density at radius 3 is 2.23 bits per heavy atom. The van der Waals surface area contributed by atoms with Crippen LogP contribution in [0.15, 0.2) is 0 Å². The molecule has 0 spiro atoms. The summed E-state index contributed by atoms with van der Waals surface area (Å²) >= 11 is 0. The van der Waals surface area contributed by atoms with Gasteiger partial charge in [0, 0.05) is 18.1 Å². The second kappa shape index (κ2) is 3.58. The van der Waals surface area contributed by atoms with E-state index in [1.165, 1.54) is 19.3 Å². The fourth-order valence-corrected chi connectivity index (χ4v) is 1.55. The summed E-state index contributed by atoms with van der Waals surface area (Å²) in [7, 11) is 0. The molecule has 2 nitrogen and oxygen atoms in total. The maximum atomic E-state index is 6.07. The third-order valence-electron chi connectivity index (χ3n) is 3.32. The Hall–Kier alpha value is -0.0800. The average molecular weight is 184 g/mol. The van der Waals surface area contributed by atoms with Crippen molar-refractivity contribution in [3.05, 3.63) is 0 Å². The van der Waals surface area contributed by atoms with Gasteiger partial charge in [-0.2, -0.15) is 0 Å². The maximum absolute atomic E-state index is 6.07. The molecule has 0 aromatic carbocycles. The Balaban J connectivity index is 2.26. The molecule has 0 aromatic heterocycles. The van der Waals surface area contributed by atoms with Crippen LogP contribution in [0.1, 0.15) is 47.0 Å². The summed E-state index contributed by atoms with van der Waals surface area (Å²) in [6, 6.07) is 0.255. The maximum Gasteiger partial charge on any atom is 0.0214 e. The van der Waals surface area contributed by atoms with Crippen LogP contribution in [0, 0.1) is 5.41 Å². The Morgan fingerprint density at radius 2 is 1.92 bits per heavy atom. The van der Waals surface area contributed by atoms with Gasteiger partial charge in [0.2, 0.25) is 0 Å². The molecule has 13 heavy (non-hydrogen) atoms. The van der Waals surface area contributed by atoms with Gasteiger partial charge < -0.3 is 11.1 Å². The zero-order valence-corrected chi connectivity index (χ0v) is 9.48. The summed E-state index contributed by atoms with van der Waals surface area (Å²) in [4.78, 5) is 0. The second-order valence-corrected chi connectivity index (χ2v) is 5.77. The van der Waals surface area contributed by atoms with E-state index >= 15 is 0 Å². The molecule has 1 unspecified atom stereocenters. The van der Waals surface area contributed by atoms with E-state index in [2.05, 4.69) is 33.0 Å². The van der Waals surface area contributed by atoms with Crippen LogP contribution in [-0.2, 0) is 0 Å². The van der Waals surface area contributed by atoms with Gasteiger partial charge in [-0.05, 0) is 31.6 Å². The zero-order chi connectivity index (χ0) is 10.1. The molecule has 1 aliphatic rings. The van der Waals surface area contributed by atoms with E-state index < -0.39 is 0 Å². The lowest BCUT2D eigenvalue weighted by Gasteiger charge is -2.41. The van der Waals surface area contributed by atoms with Gasteiger partial charge in [0.1, 0.15) is 0 Å². The summed E-state index contributed by atoms with van der Waals surface area (Å²) in [5.74, 6) is 0. The van der Waals surface area contributed by atoms with Gasteiger partial charge in [-0.3, -0.25) is 0 Å². The Morgan fingerprint density at radius 1 is 1.38 bits per heavy atom. The van der Waals surface area contributed by atoms with E-state index in [-0.39, 0.29) is 11.5 Å². The highest BCUT2D eigenvalue weighted by molar-refractivity contribution is 4.93. The van der Waals surface area contributed by atoms with E-state index in [0.717, 1.165) is 6.54 Å². The van der Waals surface area contributed by atoms with Gasteiger partial charge in [-0.25, -0.2) is 0 Å². The molecule has 0 aromatic rings. The smallest absolute Gasteiger partial charge is 0.0214 e. The minimum Gasteiger partial charge on any atom is -0.326 e. The van der Waals surface area contributed by atoms with Crippen LogP contribution in [0.3, 0.4) is 0 Å². The van der Waals surface area contributed by atoms with E-state index in [4.69, 9.17) is 5.73 Å². The highest BCUT2D eigenvalue weighted by atomic mass is 15.0. The molecule has 0 saturated heterocycles. The van der Waals surface area contributed by atoms with Gasteiger partial charge in [0.05, 0.1) is 0 Å². The number of hydrogen-bond acceptors (Lipinski definition) is 2. The second-order valence-electron chi connectivity index (χ2n) is 5.77. The van der Waals surface area contributed by atoms with Crippen LogP contribution in [0.4, 0.5) is 0 Å². The summed E-state index contributed by atoms with van der Waals surface area (Å²) in [5, 5.41) is 3.58. The van der Waals surface area contributed by atoms with Crippen LogP contribution in [0.5, 0.6) is 0 Å². The van der Waals surface area contributed by atoms with Crippen molar-refractivity contribution in [1.82, 2.24) is 5.32 Å². The van der Waals surface area contributed by atoms with E-state index in [1.54, 1.807) is 0 Å². The Bertz CT molecular complexity index is 165. The topological polar surface area (TPSA) is 38.0 Å². The lowest BCUT2D eigenvalue weighted by Crippen LogP contribution is -2.54. The summed E-state index contributed by atoms with van der Waals surface area (Å²) in [5.41, 5.74) is 6.68. The Labute approximate surface area is 82.3 Å². The lowest BCUT2D eigenvalue weighted by molar-refractivity contribution is 0.187. The van der Waals surface area contributed by atoms with Crippen molar-refractivity contribution >= 4 is 0 Å². The fraction of sp³-hybridized carbons (Fsp3) is 1.00. The molecular formula is C11H24N2. The minimum absolute atomic E-state index is 0.215. The molecule has 1 fully saturated rings. The third-order valence-corrected chi connectivity index (χ3v) is 3.32. The number of hydrogen-bond donors (Lipinski definition) is 2. The van der Waals surface area contributed by atoms with Crippen LogP contribution in [0.25, 0.3) is 0 Å². The summed E-state index contributed by atoms with van der Waals surface area (Å²) < 4.78 is 0. The monoisotopic (exact) mass is 184 g/mol. The van der Waals surface area contributed by atoms with Gasteiger partial charge in [0.15, 0.2) is 0 Å². The first-order valence-electron chi connectivity index (χ1n) is 5.34. The molecule has 0 amide bonds. The SMILES string of the molecule is CC1(NCC(N)C(C)(C)C)CCC1. The third kappa shape index (κ3) is 2.96. The van der Waals surface area contributed by atoms with Crippen molar-refractivity contribution in [2.45, 2.75) is 58.5 Å². The molecule has 1 saturated carbocycles. The van der Waals surface area contributed by atoms with Crippen LogP contribution in [-0.4, -0.2) is 18.1 Å². The quantitative estimate of drug-likeness (QED) is 0.703. The number of nitrogens with one attached hydrogen (secondary N) is 1. The van der Waals surface area contributed by atoms with Gasteiger partial charge in [-0.15, -0.1) is 0 Å². The lowest BCUT2D eigenvalue weighted by atomic mass is 9.78. The van der Waals surface area contributed by atoms with E-state index in [0.29, 0.717) is 5.54 Å². The van der Waals surface area contributed by atoms with Gasteiger partial charge in [0.25, 0.3) is 0 Å². The first-order valence-corrected chi connectivity index (χ1v) is 5.34. The standard InChI is InChI=1S/C11H24N2/c1-10(2,3)9(12)8-13-11(4)6-5-7-11/h9,13H,5-8,12H2,1-4H3. The predicted molar refractivity (Wildman–Crippen MR) is 57.7 cm³/mol. The first-order chi connectivity index (χ1) is 5.83. The molecule has 0 heterocycles. The molecule has 3 N–H and O–H groups in total. The molecule has 2 heteroatoms. The molecule has 0 bridgehead atoms. The van der Waals surface area contributed by atoms with Gasteiger partial charge >= 0.3 is 0 Å². The predicted octanol–water partition coefficient (Wildman–Crippen LogP) is 1.89. The average Bonchev–Trinajstić information content (AvgIpc) is 1.94. The highest BCUT2D eigenvalue weighted by Crippen LogP contribution is 2.31. The first kappa shape index (κ1) is 11.0. The van der Waals surface area contributed by atoms with E-state index in [1.807, 2.05) is 0 Å². The summed E-state index contributed by atoms with van der Waals surface area (Å²) in [6.45, 7) is 9.83. The normalized spacial score (nSPS) is 23.8. The van der Waals surface area contributed by atoms with Crippen LogP contribution in [0.2, 0.25) is 0 Å². The fourth-order valence-electron chi connectivity index (χ4n) is 1.55. The minimum atomic E-state index is 0.215. The molecule has 1 aliphatic carbocycles. The Kier molecular flexibility index (Phi) is 3.03. The van der Waals surface area contributed by atoms with Crippen molar-refractivity contribution in [1.29, 1.82) is 0 Å². The van der Waals surface area contributed by atoms with Crippen molar-refractivity contribution in [2.75, 3.05) is 6.54 Å². The van der Waals surface area contributed by atoms with Crippen molar-refractivity contribution < 1.29 is 0 Å². The number of nitrogens with two attached hydrogens (primary N) is 1. The molecule has 0 radical (unpaired) electrons. The molecule has 0 aliphatic heterocycles. The number of rotatable bonds is 3. The molecular weight excluding hydrogens is 160 g/mol. The summed E-state index contributed by atoms with van der Waals surface area (Å²) in [6.07, 6.45) is 3.99. The van der Waals surface area contributed by atoms with Crippen LogP contribution >= 0.6 is 0 Å². The highest BCUT2D eigenvalue weighted by Gasteiger charge is 2.32. The van der Waals surface area contributed by atoms with Crippen molar-refractivity contribution in [3.8, 4) is 0 Å². The van der Waals surface area contributed by atoms with Crippen molar-refractivity contribution in [2.24, 2.45) is 11.1 Å². The van der Waals surface area contributed by atoms with Gasteiger partial charge in [-0.1, -0.05) is 20.8 Å². The largest absolute Gasteiger partial charge is 0.326 e. The zero-order valence-electron chi connectivity index (χ0n) is 9.48.